The first kappa shape index (κ1) is 15.8. The predicted octanol–water partition coefficient (Wildman–Crippen LogP) is 1.31. The number of methoxy groups -OCH3 is 1. The van der Waals surface area contributed by atoms with Gasteiger partial charge in [0.05, 0.1) is 0 Å². The number of hydrogen-bond donors (Lipinski definition) is 2. The number of carbonyl (C=O) groups excluding carboxylic acids is 1. The van der Waals surface area contributed by atoms with Crippen LogP contribution in [-0.2, 0) is 9.53 Å². The molecular weight excluding hydrogens is 248 g/mol. The van der Waals surface area contributed by atoms with Crippen molar-refractivity contribution >= 4 is 12.0 Å². The quantitative estimate of drug-likeness (QED) is 0.588. The van der Waals surface area contributed by atoms with Crippen LogP contribution in [0.15, 0.2) is 0 Å². The predicted molar refractivity (Wildman–Crippen MR) is 71.1 cm³/mol. The number of aliphatic carboxylic acids is 1. The van der Waals surface area contributed by atoms with Gasteiger partial charge in [-0.05, 0) is 38.0 Å². The summed E-state index contributed by atoms with van der Waals surface area (Å²) in [4.78, 5) is 24.0. The topological polar surface area (TPSA) is 78.9 Å². The van der Waals surface area contributed by atoms with Crippen molar-refractivity contribution in [1.29, 1.82) is 0 Å². The number of urea groups is 1. The van der Waals surface area contributed by atoms with E-state index < -0.39 is 5.97 Å². The van der Waals surface area contributed by atoms with Crippen LogP contribution < -0.4 is 5.32 Å². The van der Waals surface area contributed by atoms with Gasteiger partial charge in [0.1, 0.15) is 6.54 Å². The lowest BCUT2D eigenvalue weighted by Gasteiger charge is -2.21. The standard InChI is InChI=1S/C13H24N2O4/c1-19-8-4-2-3-7-14-13(18)15(10-12(16)17)9-11-5-6-11/h11H,2-10H2,1H3,(H,14,18)(H,16,17). The van der Waals surface area contributed by atoms with E-state index >= 15 is 0 Å². The molecular formula is C13H24N2O4. The second kappa shape index (κ2) is 8.74. The summed E-state index contributed by atoms with van der Waals surface area (Å²) >= 11 is 0. The molecule has 2 amide bonds. The lowest BCUT2D eigenvalue weighted by Crippen LogP contribution is -2.44. The maximum absolute atomic E-state index is 11.9. The maximum atomic E-state index is 11.9. The molecule has 110 valence electrons. The smallest absolute Gasteiger partial charge is 0.323 e. The summed E-state index contributed by atoms with van der Waals surface area (Å²) < 4.78 is 4.94. The first-order valence-corrected chi connectivity index (χ1v) is 6.87. The molecule has 1 rings (SSSR count). The van der Waals surface area contributed by atoms with Gasteiger partial charge in [0.25, 0.3) is 0 Å². The lowest BCUT2D eigenvalue weighted by molar-refractivity contribution is -0.137. The van der Waals surface area contributed by atoms with E-state index in [1.807, 2.05) is 0 Å². The molecule has 0 saturated heterocycles. The summed E-state index contributed by atoms with van der Waals surface area (Å²) in [5, 5.41) is 11.6. The molecule has 19 heavy (non-hydrogen) atoms. The molecule has 1 saturated carbocycles. The Morgan fingerprint density at radius 3 is 2.63 bits per heavy atom. The molecule has 0 atom stereocenters. The highest BCUT2D eigenvalue weighted by Gasteiger charge is 2.27. The van der Waals surface area contributed by atoms with Crippen LogP contribution in [0.5, 0.6) is 0 Å². The largest absolute Gasteiger partial charge is 0.480 e. The molecule has 1 aliphatic rings. The molecule has 1 aliphatic carbocycles. The van der Waals surface area contributed by atoms with Crippen LogP contribution in [0.3, 0.4) is 0 Å². The summed E-state index contributed by atoms with van der Waals surface area (Å²) in [5.41, 5.74) is 0. The Morgan fingerprint density at radius 2 is 2.05 bits per heavy atom. The number of rotatable bonds is 10. The molecule has 0 aromatic rings. The average Bonchev–Trinajstić information content (AvgIpc) is 3.16. The first-order valence-electron chi connectivity index (χ1n) is 6.87. The Kier molecular flexibility index (Phi) is 7.25. The molecule has 0 spiro atoms. The number of ether oxygens (including phenoxy) is 1. The van der Waals surface area contributed by atoms with Gasteiger partial charge in [0.2, 0.25) is 0 Å². The van der Waals surface area contributed by atoms with E-state index in [0.29, 0.717) is 19.0 Å². The van der Waals surface area contributed by atoms with Gasteiger partial charge in [-0.15, -0.1) is 0 Å². The second-order valence-electron chi connectivity index (χ2n) is 5.00. The molecule has 2 N–H and O–H groups in total. The molecule has 0 aromatic heterocycles. The zero-order valence-electron chi connectivity index (χ0n) is 11.6. The van der Waals surface area contributed by atoms with Crippen molar-refractivity contribution < 1.29 is 19.4 Å². The molecule has 0 heterocycles. The maximum Gasteiger partial charge on any atom is 0.323 e. The summed E-state index contributed by atoms with van der Waals surface area (Å²) in [6, 6.07) is -0.263. The van der Waals surface area contributed by atoms with E-state index in [1.54, 1.807) is 7.11 Å². The van der Waals surface area contributed by atoms with Crippen molar-refractivity contribution in [3.63, 3.8) is 0 Å². The van der Waals surface area contributed by atoms with Gasteiger partial charge < -0.3 is 20.1 Å². The van der Waals surface area contributed by atoms with Crippen LogP contribution in [0.1, 0.15) is 32.1 Å². The molecule has 0 aliphatic heterocycles. The van der Waals surface area contributed by atoms with E-state index in [2.05, 4.69) is 5.32 Å². The SMILES string of the molecule is COCCCCCNC(=O)N(CC(=O)O)CC1CC1. The third-order valence-corrected chi connectivity index (χ3v) is 3.09. The monoisotopic (exact) mass is 272 g/mol. The van der Waals surface area contributed by atoms with Crippen LogP contribution in [0.4, 0.5) is 4.79 Å². The van der Waals surface area contributed by atoms with Crippen LogP contribution in [0.2, 0.25) is 0 Å². The number of hydrogen-bond acceptors (Lipinski definition) is 3. The van der Waals surface area contributed by atoms with Crippen molar-refractivity contribution in [1.82, 2.24) is 10.2 Å². The molecule has 6 nitrogen and oxygen atoms in total. The highest BCUT2D eigenvalue weighted by Crippen LogP contribution is 2.29. The van der Waals surface area contributed by atoms with Crippen LogP contribution in [0, 0.1) is 5.92 Å². The van der Waals surface area contributed by atoms with E-state index in [9.17, 15) is 9.59 Å². The normalized spacial score (nSPS) is 14.2. The highest BCUT2D eigenvalue weighted by molar-refractivity contribution is 5.80. The number of nitrogens with one attached hydrogen (secondary N) is 1. The third kappa shape index (κ3) is 7.66. The molecule has 0 bridgehead atoms. The Bertz CT molecular complexity index is 292. The zero-order valence-corrected chi connectivity index (χ0v) is 11.6. The molecule has 6 heteroatoms. The Labute approximate surface area is 114 Å². The van der Waals surface area contributed by atoms with Crippen molar-refractivity contribution in [3.05, 3.63) is 0 Å². The number of carboxylic acid groups (broad SMARTS) is 1. The molecule has 1 fully saturated rings. The fraction of sp³-hybridized carbons (Fsp3) is 0.846. The van der Waals surface area contributed by atoms with Crippen LogP contribution in [-0.4, -0.2) is 55.4 Å². The fourth-order valence-electron chi connectivity index (χ4n) is 1.85. The second-order valence-corrected chi connectivity index (χ2v) is 5.00. The first-order chi connectivity index (χ1) is 9.13. The van der Waals surface area contributed by atoms with Gasteiger partial charge in [-0.2, -0.15) is 0 Å². The van der Waals surface area contributed by atoms with E-state index in [4.69, 9.17) is 9.84 Å². The van der Waals surface area contributed by atoms with Crippen LogP contribution >= 0.6 is 0 Å². The highest BCUT2D eigenvalue weighted by atomic mass is 16.5. The van der Waals surface area contributed by atoms with Gasteiger partial charge in [-0.3, -0.25) is 4.79 Å². The fourth-order valence-corrected chi connectivity index (χ4v) is 1.85. The molecule has 0 radical (unpaired) electrons. The molecule has 0 aromatic carbocycles. The van der Waals surface area contributed by atoms with Crippen molar-refractivity contribution in [2.24, 2.45) is 5.92 Å². The minimum atomic E-state index is -0.962. The summed E-state index contributed by atoms with van der Waals surface area (Å²) in [7, 11) is 1.67. The number of nitrogens with zero attached hydrogens (tertiary/aromatic N) is 1. The lowest BCUT2D eigenvalue weighted by atomic mass is 10.2. The number of carbonyl (C=O) groups is 2. The Morgan fingerprint density at radius 1 is 1.32 bits per heavy atom. The van der Waals surface area contributed by atoms with Gasteiger partial charge in [-0.1, -0.05) is 0 Å². The Balaban J connectivity index is 2.17. The summed E-state index contributed by atoms with van der Waals surface area (Å²) in [5.74, 6) is -0.470. The van der Waals surface area contributed by atoms with Gasteiger partial charge in [-0.25, -0.2) is 4.79 Å². The van der Waals surface area contributed by atoms with Crippen molar-refractivity contribution in [3.8, 4) is 0 Å². The van der Waals surface area contributed by atoms with E-state index in [1.165, 1.54) is 4.90 Å². The van der Waals surface area contributed by atoms with Gasteiger partial charge >= 0.3 is 12.0 Å². The van der Waals surface area contributed by atoms with Crippen molar-refractivity contribution in [2.75, 3.05) is 33.4 Å². The number of carboxylic acids is 1. The average molecular weight is 272 g/mol. The minimum absolute atomic E-state index is 0.216. The zero-order chi connectivity index (χ0) is 14.1. The minimum Gasteiger partial charge on any atom is -0.480 e. The van der Waals surface area contributed by atoms with Crippen LogP contribution in [0.25, 0.3) is 0 Å². The van der Waals surface area contributed by atoms with Gasteiger partial charge in [0, 0.05) is 26.8 Å². The summed E-state index contributed by atoms with van der Waals surface area (Å²) in [6.45, 7) is 1.66. The number of amides is 2. The van der Waals surface area contributed by atoms with Gasteiger partial charge in [0.15, 0.2) is 0 Å². The number of unbranched alkanes of at least 4 members (excludes halogenated alkanes) is 2. The Hall–Kier alpha value is -1.30. The van der Waals surface area contributed by atoms with Crippen molar-refractivity contribution in [2.45, 2.75) is 32.1 Å². The van der Waals surface area contributed by atoms with E-state index in [-0.39, 0.29) is 12.6 Å². The third-order valence-electron chi connectivity index (χ3n) is 3.09. The summed E-state index contributed by atoms with van der Waals surface area (Å²) in [6.07, 6.45) is 5.06. The molecule has 0 unspecified atom stereocenters. The van der Waals surface area contributed by atoms with E-state index in [0.717, 1.165) is 38.7 Å².